The molecule has 0 aromatic carbocycles. The Hall–Kier alpha value is -1.70. The van der Waals surface area contributed by atoms with E-state index in [9.17, 15) is 30.3 Å². The van der Waals surface area contributed by atoms with Gasteiger partial charge in [-0.2, -0.15) is 0 Å². The smallest absolute Gasteiger partial charge is 0.311 e. The second-order valence-corrected chi connectivity index (χ2v) is 17.3. The summed E-state index contributed by atoms with van der Waals surface area (Å²) in [5, 5.41) is 62.1. The number of azide groups is 1. The molecule has 5 N–H and O–H groups in total. The topological polar surface area (TPSA) is 229 Å². The molecule has 0 aromatic rings. The summed E-state index contributed by atoms with van der Waals surface area (Å²) in [4.78, 5) is 20.7. The van der Waals surface area contributed by atoms with E-state index in [-0.39, 0.29) is 38.0 Å². The summed E-state index contributed by atoms with van der Waals surface area (Å²) in [7, 11) is 5.04. The minimum Gasteiger partial charge on any atom is -0.459 e. The van der Waals surface area contributed by atoms with Crippen LogP contribution in [0, 0.1) is 17.8 Å². The zero-order valence-electron chi connectivity index (χ0n) is 35.2. The maximum Gasteiger partial charge on any atom is 0.311 e. The van der Waals surface area contributed by atoms with Gasteiger partial charge in [-0.25, -0.2) is 0 Å². The Bertz CT molecular complexity index is 1290. The van der Waals surface area contributed by atoms with Gasteiger partial charge in [0.1, 0.15) is 30.0 Å². The number of aliphatic hydroxyl groups is 5. The van der Waals surface area contributed by atoms with Crippen molar-refractivity contribution in [2.24, 2.45) is 22.9 Å². The molecule has 55 heavy (non-hydrogen) atoms. The van der Waals surface area contributed by atoms with E-state index >= 15 is 0 Å². The summed E-state index contributed by atoms with van der Waals surface area (Å²) in [6.07, 6.45) is -9.20. The van der Waals surface area contributed by atoms with Crippen molar-refractivity contribution in [2.75, 3.05) is 34.4 Å². The van der Waals surface area contributed by atoms with Crippen LogP contribution in [0.1, 0.15) is 94.9 Å². The molecular weight excluding hydrogens is 718 g/mol. The summed E-state index contributed by atoms with van der Waals surface area (Å²) >= 11 is 0. The average Bonchev–Trinajstić information content (AvgIpc) is 3.11. The molecule has 0 saturated carbocycles. The number of aliphatic hydroxyl groups excluding tert-OH is 3. The predicted octanol–water partition coefficient (Wildman–Crippen LogP) is 2.54. The van der Waals surface area contributed by atoms with Gasteiger partial charge in [-0.3, -0.25) is 9.69 Å². The molecule has 18 atom stereocenters. The van der Waals surface area contributed by atoms with E-state index in [4.69, 9.17) is 34.0 Å². The first-order chi connectivity index (χ1) is 25.4. The van der Waals surface area contributed by atoms with Gasteiger partial charge in [-0.15, -0.1) is 0 Å². The molecule has 3 heterocycles. The van der Waals surface area contributed by atoms with Crippen molar-refractivity contribution in [2.45, 2.75) is 185 Å². The third-order valence-corrected chi connectivity index (χ3v) is 12.5. The standard InChI is InChI=1S/C38H71N5O12/c1-14-27-38(10,49)31(45)24(6)42(11)18-20(2)16-36(8,48)33(55-35-29(44)26(15-21(3)51-35)43(12)19-40-41-39)22(4)30(23(5)34(47)53-27)54-28-17-37(9,50-13)32(46)25(7)52-28/h20-33,35,44-46,48-49H,14-19H2,1-13H3/t20-,21-,22+,23-,24-,25+,26+,27-,28+,29-,30+,31-,32+,33-,35+,36-,37-,38-/m1/s1. The molecule has 0 aromatic heterocycles. The fraction of sp³-hybridized carbons (Fsp3) is 0.974. The van der Waals surface area contributed by atoms with Gasteiger partial charge in [0.25, 0.3) is 0 Å². The summed E-state index contributed by atoms with van der Waals surface area (Å²) in [5.74, 6) is -2.78. The zero-order valence-corrected chi connectivity index (χ0v) is 35.2. The van der Waals surface area contributed by atoms with Crippen LogP contribution in [0.5, 0.6) is 0 Å². The number of nitrogens with zero attached hydrogens (tertiary/aromatic N) is 5. The first-order valence-electron chi connectivity index (χ1n) is 19.7. The van der Waals surface area contributed by atoms with E-state index in [0.29, 0.717) is 13.0 Å². The van der Waals surface area contributed by atoms with Gasteiger partial charge in [0, 0.05) is 43.0 Å². The Morgan fingerprint density at radius 3 is 2.24 bits per heavy atom. The highest BCUT2D eigenvalue weighted by atomic mass is 16.7. The van der Waals surface area contributed by atoms with Gasteiger partial charge in [0.2, 0.25) is 0 Å². The fourth-order valence-corrected chi connectivity index (χ4v) is 8.89. The molecular formula is C38H71N5O12. The first kappa shape index (κ1) is 47.7. The van der Waals surface area contributed by atoms with E-state index in [1.54, 1.807) is 60.4 Å². The lowest BCUT2D eigenvalue weighted by molar-refractivity contribution is -0.318. The number of ether oxygens (including phenoxy) is 6. The number of likely N-dealkylation sites (N-methyl/N-ethyl adjacent to an activating group) is 2. The maximum atomic E-state index is 14.2. The molecule has 3 aliphatic heterocycles. The van der Waals surface area contributed by atoms with Crippen LogP contribution < -0.4 is 0 Å². The Morgan fingerprint density at radius 1 is 1.02 bits per heavy atom. The minimum atomic E-state index is -1.83. The molecule has 17 heteroatoms. The Kier molecular flexibility index (Phi) is 16.8. The van der Waals surface area contributed by atoms with Gasteiger partial charge in [-0.05, 0) is 93.3 Å². The lowest BCUT2D eigenvalue weighted by Gasteiger charge is -2.49. The van der Waals surface area contributed by atoms with Crippen molar-refractivity contribution >= 4 is 5.97 Å². The molecule has 3 saturated heterocycles. The van der Waals surface area contributed by atoms with Crippen LogP contribution in [-0.4, -0.2) is 166 Å². The number of rotatable bonds is 9. The third kappa shape index (κ3) is 11.1. The van der Waals surface area contributed by atoms with Gasteiger partial charge >= 0.3 is 5.97 Å². The molecule has 0 unspecified atom stereocenters. The maximum absolute atomic E-state index is 14.2. The van der Waals surface area contributed by atoms with E-state index < -0.39 is 102 Å². The van der Waals surface area contributed by atoms with Gasteiger partial charge in [0.05, 0.1) is 48.2 Å². The molecule has 0 bridgehead atoms. The van der Waals surface area contributed by atoms with E-state index in [0.717, 1.165) is 0 Å². The van der Waals surface area contributed by atoms with Crippen molar-refractivity contribution in [3.8, 4) is 0 Å². The van der Waals surface area contributed by atoms with Gasteiger partial charge in [0.15, 0.2) is 12.6 Å². The van der Waals surface area contributed by atoms with E-state index in [2.05, 4.69) is 10.0 Å². The summed E-state index contributed by atoms with van der Waals surface area (Å²) in [6, 6.07) is -1.08. The molecule has 3 aliphatic rings. The number of methoxy groups -OCH3 is 1. The highest BCUT2D eigenvalue weighted by Crippen LogP contribution is 2.40. The highest BCUT2D eigenvalue weighted by Gasteiger charge is 2.52. The van der Waals surface area contributed by atoms with E-state index in [1.807, 2.05) is 25.8 Å². The van der Waals surface area contributed by atoms with Gasteiger partial charge in [-0.1, -0.05) is 25.9 Å². The first-order valence-corrected chi connectivity index (χ1v) is 19.7. The number of carbonyl (C=O) groups excluding carboxylic acids is 1. The Balaban J connectivity index is 2.18. The molecule has 0 amide bonds. The predicted molar refractivity (Wildman–Crippen MR) is 202 cm³/mol. The number of hydrogen-bond donors (Lipinski definition) is 5. The largest absolute Gasteiger partial charge is 0.459 e. The Labute approximate surface area is 327 Å². The van der Waals surface area contributed by atoms with Gasteiger partial charge < -0.3 is 58.9 Å². The normalized spacial score (nSPS) is 47.3. The lowest BCUT2D eigenvalue weighted by atomic mass is 9.77. The molecule has 3 fully saturated rings. The Morgan fingerprint density at radius 2 is 1.65 bits per heavy atom. The third-order valence-electron chi connectivity index (χ3n) is 12.5. The molecule has 320 valence electrons. The quantitative estimate of drug-likeness (QED) is 0.0980. The van der Waals surface area contributed by atoms with Crippen LogP contribution in [-0.2, 0) is 33.2 Å². The average molecular weight is 790 g/mol. The summed E-state index contributed by atoms with van der Waals surface area (Å²) in [6.45, 7) is 17.7. The van der Waals surface area contributed by atoms with Crippen molar-refractivity contribution in [3.63, 3.8) is 0 Å². The van der Waals surface area contributed by atoms with Crippen molar-refractivity contribution in [1.82, 2.24) is 9.80 Å². The molecule has 0 radical (unpaired) electrons. The van der Waals surface area contributed by atoms with Crippen LogP contribution in [0.15, 0.2) is 5.11 Å². The number of hydrogen-bond acceptors (Lipinski definition) is 15. The SMILES string of the molecule is CC[C@H]1OC(=O)[C@H](C)[C@@H](O[C@H]2C[C@@](C)(OC)[C@@H](O)[C@H](C)O2)[C@H](C)[C@@H](O[C@@H]2O[C@H](C)C[C@H](N(C)CN=[N+]=[N-])[C@H]2O)[C@](C)(O)C[C@@H](C)CN(C)[C@H](C)[C@@H](O)[C@]1(C)O. The van der Waals surface area contributed by atoms with Crippen LogP contribution in [0.4, 0.5) is 0 Å². The fourth-order valence-electron chi connectivity index (χ4n) is 8.89. The second kappa shape index (κ2) is 19.4. The van der Waals surface area contributed by atoms with Crippen molar-refractivity contribution in [3.05, 3.63) is 10.4 Å². The molecule has 0 spiro atoms. The van der Waals surface area contributed by atoms with Crippen LogP contribution >= 0.6 is 0 Å². The number of carbonyl (C=O) groups is 1. The summed E-state index contributed by atoms with van der Waals surface area (Å²) < 4.78 is 37.5. The molecule has 0 aliphatic carbocycles. The highest BCUT2D eigenvalue weighted by molar-refractivity contribution is 5.73. The number of esters is 1. The van der Waals surface area contributed by atoms with Crippen molar-refractivity contribution in [1.29, 1.82) is 0 Å². The second-order valence-electron chi connectivity index (χ2n) is 17.3. The van der Waals surface area contributed by atoms with Crippen molar-refractivity contribution < 1.29 is 58.7 Å². The van der Waals surface area contributed by atoms with Crippen LogP contribution in [0.2, 0.25) is 0 Å². The van der Waals surface area contributed by atoms with Crippen LogP contribution in [0.3, 0.4) is 0 Å². The molecule has 3 rings (SSSR count). The molecule has 17 nitrogen and oxygen atoms in total. The van der Waals surface area contributed by atoms with E-state index in [1.165, 1.54) is 14.0 Å². The van der Waals surface area contributed by atoms with Crippen LogP contribution in [0.25, 0.3) is 10.4 Å². The summed E-state index contributed by atoms with van der Waals surface area (Å²) in [5.41, 5.74) is 4.42. The number of cyclic esters (lactones) is 1. The zero-order chi connectivity index (χ0) is 41.8. The minimum absolute atomic E-state index is 0.00342. The monoisotopic (exact) mass is 790 g/mol. The lowest BCUT2D eigenvalue weighted by Crippen LogP contribution is -2.60.